The van der Waals surface area contributed by atoms with Crippen molar-refractivity contribution < 1.29 is 14.3 Å². The largest absolute Gasteiger partial charge is 0.462 e. The third kappa shape index (κ3) is 5.83. The van der Waals surface area contributed by atoms with Gasteiger partial charge >= 0.3 is 5.97 Å². The molecule has 0 heterocycles. The molecule has 0 aromatic heterocycles. The fourth-order valence-electron chi connectivity index (χ4n) is 12.0. The van der Waals surface area contributed by atoms with Gasteiger partial charge in [-0.3, -0.25) is 9.59 Å². The minimum Gasteiger partial charge on any atom is -0.462 e. The second-order valence-corrected chi connectivity index (χ2v) is 17.9. The van der Waals surface area contributed by atoms with E-state index in [2.05, 4.69) is 70.5 Å². The Labute approximate surface area is 274 Å². The fourth-order valence-corrected chi connectivity index (χ4v) is 12.0. The highest BCUT2D eigenvalue weighted by molar-refractivity contribution is 5.84. The molecule has 0 unspecified atom stereocenters. The lowest BCUT2D eigenvalue weighted by Gasteiger charge is -2.71. The number of allylic oxidation sites excluding steroid dienone is 2. The average Bonchev–Trinajstić information content (AvgIpc) is 2.96. The molecule has 8 atom stereocenters. The van der Waals surface area contributed by atoms with E-state index in [0.717, 1.165) is 77.5 Å². The second-order valence-electron chi connectivity index (χ2n) is 17.9. The van der Waals surface area contributed by atoms with Crippen LogP contribution in [0.15, 0.2) is 11.6 Å². The van der Waals surface area contributed by atoms with Crippen molar-refractivity contribution in [2.45, 2.75) is 126 Å². The Morgan fingerprint density at radius 1 is 0.844 bits per heavy atom. The van der Waals surface area contributed by atoms with Crippen LogP contribution >= 0.6 is 0 Å². The van der Waals surface area contributed by atoms with E-state index in [1.165, 1.54) is 12.8 Å². The van der Waals surface area contributed by atoms with Crippen molar-refractivity contribution in [2.24, 2.45) is 56.0 Å². The van der Waals surface area contributed by atoms with E-state index >= 15 is 0 Å². The molecule has 1 amide bonds. The average molecular weight is 627 g/mol. The Balaban J connectivity index is 1.38. The van der Waals surface area contributed by atoms with Crippen LogP contribution in [0.1, 0.15) is 120 Å². The first-order valence-electron chi connectivity index (χ1n) is 18.3. The van der Waals surface area contributed by atoms with E-state index in [1.54, 1.807) is 12.5 Å². The maximum Gasteiger partial charge on any atom is 0.302 e. The summed E-state index contributed by atoms with van der Waals surface area (Å²) in [6.07, 6.45) is 13.6. The van der Waals surface area contributed by atoms with Crippen molar-refractivity contribution in [1.29, 1.82) is 0 Å². The van der Waals surface area contributed by atoms with Gasteiger partial charge in [0.05, 0.1) is 5.41 Å². The Hall–Kier alpha value is -1.44. The first-order chi connectivity index (χ1) is 21.1. The summed E-state index contributed by atoms with van der Waals surface area (Å²) in [5, 5.41) is 10.2. The van der Waals surface area contributed by atoms with Crippen molar-refractivity contribution in [2.75, 3.05) is 39.3 Å². The van der Waals surface area contributed by atoms with Gasteiger partial charge in [-0.05, 0) is 104 Å². The highest BCUT2D eigenvalue weighted by atomic mass is 16.5. The molecule has 0 bridgehead atoms. The molecule has 0 radical (unpaired) electrons. The number of carbonyl (C=O) groups excluding carboxylic acids is 2. The Morgan fingerprint density at radius 3 is 2.20 bits per heavy atom. The number of nitrogens with two attached hydrogens (primary N) is 1. The number of hydrogen-bond acceptors (Lipinski definition) is 6. The molecular formula is C38H66N4O3. The molecule has 45 heavy (non-hydrogen) atoms. The van der Waals surface area contributed by atoms with Gasteiger partial charge in [0.25, 0.3) is 0 Å². The normalized spacial score (nSPS) is 41.4. The lowest BCUT2D eigenvalue weighted by molar-refractivity contribution is -0.212. The molecule has 5 aliphatic rings. The van der Waals surface area contributed by atoms with Gasteiger partial charge in [-0.1, -0.05) is 60.1 Å². The van der Waals surface area contributed by atoms with Crippen LogP contribution in [-0.4, -0.2) is 57.2 Å². The summed E-state index contributed by atoms with van der Waals surface area (Å²) in [4.78, 5) is 26.3. The summed E-state index contributed by atoms with van der Waals surface area (Å²) in [6.45, 7) is 23.7. The molecule has 5 N–H and O–H groups in total. The SMILES string of the molecule is CC(=O)O[C@H]1CC[C@]2(C)[C@H]3CC=C4[C@@H]5CC(C)(C)CC[C@]5(C(=O)NCCNCCNCCN)CC[C@@]4(C)[C@]3(C)CC[C@H]2C1(C)C. The number of amides is 1. The first kappa shape index (κ1) is 34.9. The number of nitrogens with one attached hydrogen (secondary N) is 3. The molecule has 4 fully saturated rings. The van der Waals surface area contributed by atoms with Crippen molar-refractivity contribution in [3.05, 3.63) is 11.6 Å². The topological polar surface area (TPSA) is 105 Å². The predicted octanol–water partition coefficient (Wildman–Crippen LogP) is 5.97. The van der Waals surface area contributed by atoms with E-state index in [-0.39, 0.29) is 44.6 Å². The zero-order chi connectivity index (χ0) is 32.9. The molecule has 0 saturated heterocycles. The number of hydrogen-bond donors (Lipinski definition) is 4. The maximum atomic E-state index is 14.3. The van der Waals surface area contributed by atoms with Crippen LogP contribution in [0.4, 0.5) is 0 Å². The van der Waals surface area contributed by atoms with Gasteiger partial charge in [0, 0.05) is 51.6 Å². The highest BCUT2D eigenvalue weighted by Gasteiger charge is 2.69. The number of carbonyl (C=O) groups is 2. The number of ether oxygens (including phenoxy) is 1. The van der Waals surface area contributed by atoms with Gasteiger partial charge in [-0.25, -0.2) is 0 Å². The molecule has 5 aliphatic carbocycles. The molecule has 0 aromatic rings. The summed E-state index contributed by atoms with van der Waals surface area (Å²) in [5.74, 6) is 1.59. The molecule has 7 heteroatoms. The minimum atomic E-state index is -0.294. The van der Waals surface area contributed by atoms with E-state index in [1.807, 2.05) is 0 Å². The van der Waals surface area contributed by atoms with Crippen molar-refractivity contribution in [3.8, 4) is 0 Å². The summed E-state index contributed by atoms with van der Waals surface area (Å²) >= 11 is 0. The standard InChI is InChI=1S/C38H66N4O3/c1-26(43)45-31-12-13-35(6)29(34(31,4)5)11-14-37(8)30(35)10-9-27-28-25-33(2,3)15-17-38(28,18-16-36(27,37)7)32(44)42-24-23-41-22-21-40-20-19-39/h9,28-31,40-41H,10-25,39H2,1-8H3,(H,42,44)/t28-,29-,30+,31-,35-,36+,37+,38-/m0/s1. The molecule has 7 nitrogen and oxygen atoms in total. The summed E-state index contributed by atoms with van der Waals surface area (Å²) in [5.41, 5.74) is 7.60. The van der Waals surface area contributed by atoms with Crippen LogP contribution in [0.5, 0.6) is 0 Å². The third-order valence-electron chi connectivity index (χ3n) is 14.7. The fraction of sp³-hybridized carbons (Fsp3) is 0.895. The van der Waals surface area contributed by atoms with Crippen molar-refractivity contribution in [3.63, 3.8) is 0 Å². The van der Waals surface area contributed by atoms with Crippen LogP contribution in [0.25, 0.3) is 0 Å². The van der Waals surface area contributed by atoms with Crippen LogP contribution in [-0.2, 0) is 14.3 Å². The Bertz CT molecular complexity index is 1150. The number of rotatable bonds is 10. The van der Waals surface area contributed by atoms with Gasteiger partial charge in [0.1, 0.15) is 6.10 Å². The smallest absolute Gasteiger partial charge is 0.302 e. The van der Waals surface area contributed by atoms with Crippen LogP contribution < -0.4 is 21.7 Å². The van der Waals surface area contributed by atoms with E-state index in [0.29, 0.717) is 36.8 Å². The van der Waals surface area contributed by atoms with E-state index in [9.17, 15) is 9.59 Å². The maximum absolute atomic E-state index is 14.3. The zero-order valence-electron chi connectivity index (χ0n) is 30.0. The lowest BCUT2D eigenvalue weighted by Crippen LogP contribution is -2.65. The van der Waals surface area contributed by atoms with E-state index < -0.39 is 0 Å². The van der Waals surface area contributed by atoms with Gasteiger partial charge in [-0.2, -0.15) is 0 Å². The third-order valence-corrected chi connectivity index (χ3v) is 14.7. The quantitative estimate of drug-likeness (QED) is 0.135. The second kappa shape index (κ2) is 12.5. The van der Waals surface area contributed by atoms with Crippen LogP contribution in [0.2, 0.25) is 0 Å². The van der Waals surface area contributed by atoms with Crippen LogP contribution in [0.3, 0.4) is 0 Å². The monoisotopic (exact) mass is 627 g/mol. The number of esters is 1. The molecule has 0 aliphatic heterocycles. The van der Waals surface area contributed by atoms with Gasteiger partial charge in [0.15, 0.2) is 0 Å². The Kier molecular flexibility index (Phi) is 9.72. The van der Waals surface area contributed by atoms with Crippen molar-refractivity contribution in [1.82, 2.24) is 16.0 Å². The lowest BCUT2D eigenvalue weighted by atomic mass is 9.33. The zero-order valence-corrected chi connectivity index (χ0v) is 30.0. The Morgan fingerprint density at radius 2 is 1.51 bits per heavy atom. The van der Waals surface area contributed by atoms with Gasteiger partial charge in [0.2, 0.25) is 5.91 Å². The molecule has 5 rings (SSSR count). The van der Waals surface area contributed by atoms with E-state index in [4.69, 9.17) is 10.5 Å². The molecule has 0 spiro atoms. The van der Waals surface area contributed by atoms with Crippen molar-refractivity contribution >= 4 is 11.9 Å². The number of fused-ring (bicyclic) bond motifs is 7. The minimum absolute atomic E-state index is 0.00372. The summed E-state index contributed by atoms with van der Waals surface area (Å²) in [6, 6.07) is 0. The first-order valence-corrected chi connectivity index (χ1v) is 18.3. The predicted molar refractivity (Wildman–Crippen MR) is 182 cm³/mol. The summed E-state index contributed by atoms with van der Waals surface area (Å²) < 4.78 is 5.94. The molecule has 0 aromatic carbocycles. The molecule has 4 saturated carbocycles. The van der Waals surface area contributed by atoms with Gasteiger partial charge < -0.3 is 26.4 Å². The molecule has 256 valence electrons. The summed E-state index contributed by atoms with van der Waals surface area (Å²) in [7, 11) is 0. The van der Waals surface area contributed by atoms with Gasteiger partial charge in [-0.15, -0.1) is 0 Å². The molecular weight excluding hydrogens is 560 g/mol. The van der Waals surface area contributed by atoms with Crippen LogP contribution in [0, 0.1) is 50.2 Å². The highest BCUT2D eigenvalue weighted by Crippen LogP contribution is 2.75.